The predicted octanol–water partition coefficient (Wildman–Crippen LogP) is 4.15. The van der Waals surface area contributed by atoms with Gasteiger partial charge in [0.2, 0.25) is 0 Å². The maximum Gasteiger partial charge on any atom is 0.162 e. The second kappa shape index (κ2) is 6.10. The topological polar surface area (TPSA) is 34.1 Å². The molecule has 0 heterocycles. The predicted molar refractivity (Wildman–Crippen MR) is 76.5 cm³/mol. The number of ketones is 1. The second-order valence-corrected chi connectivity index (χ2v) is 4.49. The molecule has 0 fully saturated rings. The highest BCUT2D eigenvalue weighted by atomic mass is 16.1. The van der Waals surface area contributed by atoms with E-state index in [0.29, 0.717) is 12.0 Å². The molecule has 96 valence electrons. The zero-order chi connectivity index (χ0) is 13.7. The smallest absolute Gasteiger partial charge is 0.162 e. The van der Waals surface area contributed by atoms with Crippen molar-refractivity contribution in [3.05, 3.63) is 59.7 Å². The summed E-state index contributed by atoms with van der Waals surface area (Å²) in [6, 6.07) is 15.0. The molecule has 19 heavy (non-hydrogen) atoms. The minimum absolute atomic E-state index is 0.186. The van der Waals surface area contributed by atoms with Crippen LogP contribution in [0, 0.1) is 0 Å². The van der Waals surface area contributed by atoms with Gasteiger partial charge >= 0.3 is 0 Å². The summed E-state index contributed by atoms with van der Waals surface area (Å²) in [7, 11) is 0. The van der Waals surface area contributed by atoms with Crippen LogP contribution in [0.1, 0.15) is 40.5 Å². The average Bonchev–Trinajstić information content (AvgIpc) is 2.48. The molecule has 0 bridgehead atoms. The third kappa shape index (κ3) is 3.16. The molecule has 0 amide bonds. The number of carbonyl (C=O) groups is 2. The Morgan fingerprint density at radius 1 is 0.947 bits per heavy atom. The standard InChI is InChI=1S/C17H16O2/c1-2-3-17(19)16-10-8-15(9-11-16)14-6-4-13(12-18)5-7-14/h4-12H,2-3H2,1H3. The molecule has 0 saturated carbocycles. The van der Waals surface area contributed by atoms with Crippen molar-refractivity contribution in [1.82, 2.24) is 0 Å². The van der Waals surface area contributed by atoms with Gasteiger partial charge in [-0.2, -0.15) is 0 Å². The largest absolute Gasteiger partial charge is 0.298 e. The van der Waals surface area contributed by atoms with E-state index in [0.717, 1.165) is 29.4 Å². The quantitative estimate of drug-likeness (QED) is 0.591. The van der Waals surface area contributed by atoms with Crippen molar-refractivity contribution in [3.8, 4) is 11.1 Å². The van der Waals surface area contributed by atoms with E-state index in [1.165, 1.54) is 0 Å². The molecular weight excluding hydrogens is 236 g/mol. The lowest BCUT2D eigenvalue weighted by atomic mass is 10.0. The molecule has 2 aromatic carbocycles. The molecule has 2 nitrogen and oxygen atoms in total. The Morgan fingerprint density at radius 2 is 1.47 bits per heavy atom. The van der Waals surface area contributed by atoms with Gasteiger partial charge in [0.05, 0.1) is 0 Å². The minimum Gasteiger partial charge on any atom is -0.298 e. The van der Waals surface area contributed by atoms with E-state index in [1.807, 2.05) is 43.3 Å². The molecule has 2 aromatic rings. The highest BCUT2D eigenvalue weighted by molar-refractivity contribution is 5.96. The summed E-state index contributed by atoms with van der Waals surface area (Å²) in [5, 5.41) is 0. The molecule has 0 atom stereocenters. The lowest BCUT2D eigenvalue weighted by molar-refractivity contribution is 0.0981. The third-order valence-electron chi connectivity index (χ3n) is 3.06. The summed E-state index contributed by atoms with van der Waals surface area (Å²) in [6.07, 6.45) is 2.29. The third-order valence-corrected chi connectivity index (χ3v) is 3.06. The molecule has 0 saturated heterocycles. The SMILES string of the molecule is CCCC(=O)c1ccc(-c2ccc(C=O)cc2)cc1. The molecule has 0 aliphatic heterocycles. The van der Waals surface area contributed by atoms with Crippen molar-refractivity contribution in [2.45, 2.75) is 19.8 Å². The fraction of sp³-hybridized carbons (Fsp3) is 0.176. The fourth-order valence-electron chi connectivity index (χ4n) is 1.97. The second-order valence-electron chi connectivity index (χ2n) is 4.49. The van der Waals surface area contributed by atoms with Crippen molar-refractivity contribution in [1.29, 1.82) is 0 Å². The first-order valence-corrected chi connectivity index (χ1v) is 6.43. The summed E-state index contributed by atoms with van der Waals surface area (Å²) in [5.41, 5.74) is 3.51. The Kier molecular flexibility index (Phi) is 4.24. The number of carbonyl (C=O) groups excluding carboxylic acids is 2. The van der Waals surface area contributed by atoms with E-state index in [9.17, 15) is 9.59 Å². The van der Waals surface area contributed by atoms with Crippen LogP contribution in [-0.2, 0) is 0 Å². The summed E-state index contributed by atoms with van der Waals surface area (Å²) in [4.78, 5) is 22.3. The molecular formula is C17H16O2. The van der Waals surface area contributed by atoms with E-state index < -0.39 is 0 Å². The van der Waals surface area contributed by atoms with Crippen LogP contribution < -0.4 is 0 Å². The van der Waals surface area contributed by atoms with Crippen molar-refractivity contribution in [3.63, 3.8) is 0 Å². The van der Waals surface area contributed by atoms with Crippen molar-refractivity contribution < 1.29 is 9.59 Å². The highest BCUT2D eigenvalue weighted by Crippen LogP contribution is 2.20. The lowest BCUT2D eigenvalue weighted by Crippen LogP contribution is -1.97. The lowest BCUT2D eigenvalue weighted by Gasteiger charge is -2.04. The molecule has 2 heteroatoms. The van der Waals surface area contributed by atoms with Gasteiger partial charge in [0.1, 0.15) is 6.29 Å². The minimum atomic E-state index is 0.186. The van der Waals surface area contributed by atoms with Crippen LogP contribution in [0.25, 0.3) is 11.1 Å². The Morgan fingerprint density at radius 3 is 1.95 bits per heavy atom. The van der Waals surface area contributed by atoms with Gasteiger partial charge in [-0.25, -0.2) is 0 Å². The molecule has 0 aliphatic carbocycles. The Bertz CT molecular complexity index is 565. The summed E-state index contributed by atoms with van der Waals surface area (Å²) in [5.74, 6) is 0.186. The van der Waals surface area contributed by atoms with Gasteiger partial charge in [0, 0.05) is 17.5 Å². The molecule has 0 N–H and O–H groups in total. The van der Waals surface area contributed by atoms with Gasteiger partial charge in [0.15, 0.2) is 5.78 Å². The van der Waals surface area contributed by atoms with Gasteiger partial charge in [-0.1, -0.05) is 55.5 Å². The van der Waals surface area contributed by atoms with Gasteiger partial charge in [-0.15, -0.1) is 0 Å². The molecule has 0 spiro atoms. The van der Waals surface area contributed by atoms with Crippen LogP contribution in [0.3, 0.4) is 0 Å². The van der Waals surface area contributed by atoms with E-state index in [-0.39, 0.29) is 5.78 Å². The van der Waals surface area contributed by atoms with Gasteiger partial charge in [0.25, 0.3) is 0 Å². The number of aldehydes is 1. The Hall–Kier alpha value is -2.22. The van der Waals surface area contributed by atoms with Crippen LogP contribution in [0.15, 0.2) is 48.5 Å². The summed E-state index contributed by atoms with van der Waals surface area (Å²) in [6.45, 7) is 2.00. The van der Waals surface area contributed by atoms with Gasteiger partial charge < -0.3 is 0 Å². The first-order valence-electron chi connectivity index (χ1n) is 6.43. The number of Topliss-reactive ketones (excluding diaryl/α,β-unsaturated/α-hetero) is 1. The van der Waals surface area contributed by atoms with Crippen LogP contribution in [0.4, 0.5) is 0 Å². The van der Waals surface area contributed by atoms with Crippen molar-refractivity contribution >= 4 is 12.1 Å². The highest BCUT2D eigenvalue weighted by Gasteiger charge is 2.04. The monoisotopic (exact) mass is 252 g/mol. The van der Waals surface area contributed by atoms with E-state index in [4.69, 9.17) is 0 Å². The molecule has 0 aliphatic rings. The number of hydrogen-bond donors (Lipinski definition) is 0. The average molecular weight is 252 g/mol. The van der Waals surface area contributed by atoms with Crippen LogP contribution in [0.2, 0.25) is 0 Å². The summed E-state index contributed by atoms with van der Waals surface area (Å²) < 4.78 is 0. The Labute approximate surface area is 113 Å². The van der Waals surface area contributed by atoms with Gasteiger partial charge in [-0.05, 0) is 17.5 Å². The Balaban J connectivity index is 2.21. The maximum atomic E-state index is 11.7. The van der Waals surface area contributed by atoms with Crippen molar-refractivity contribution in [2.24, 2.45) is 0 Å². The molecule has 0 radical (unpaired) electrons. The number of benzene rings is 2. The zero-order valence-corrected chi connectivity index (χ0v) is 10.9. The molecule has 2 rings (SSSR count). The first-order chi connectivity index (χ1) is 9.24. The van der Waals surface area contributed by atoms with Crippen LogP contribution in [0.5, 0.6) is 0 Å². The van der Waals surface area contributed by atoms with Crippen molar-refractivity contribution in [2.75, 3.05) is 0 Å². The van der Waals surface area contributed by atoms with E-state index in [2.05, 4.69) is 0 Å². The fourth-order valence-corrected chi connectivity index (χ4v) is 1.97. The van der Waals surface area contributed by atoms with Gasteiger partial charge in [-0.3, -0.25) is 9.59 Å². The molecule has 0 aromatic heterocycles. The van der Waals surface area contributed by atoms with Crippen LogP contribution >= 0.6 is 0 Å². The number of rotatable bonds is 5. The molecule has 0 unspecified atom stereocenters. The zero-order valence-electron chi connectivity index (χ0n) is 10.9. The normalized spacial score (nSPS) is 10.2. The number of hydrogen-bond acceptors (Lipinski definition) is 2. The van der Waals surface area contributed by atoms with E-state index in [1.54, 1.807) is 12.1 Å². The van der Waals surface area contributed by atoms with E-state index >= 15 is 0 Å². The van der Waals surface area contributed by atoms with Crippen LogP contribution in [-0.4, -0.2) is 12.1 Å². The first kappa shape index (κ1) is 13.2. The summed E-state index contributed by atoms with van der Waals surface area (Å²) >= 11 is 0. The maximum absolute atomic E-state index is 11.7.